The van der Waals surface area contributed by atoms with Crippen LogP contribution < -0.4 is 9.46 Å². The molecule has 0 saturated carbocycles. The van der Waals surface area contributed by atoms with Crippen LogP contribution in [0.15, 0.2) is 70.9 Å². The predicted octanol–water partition coefficient (Wildman–Crippen LogP) is 6.70. The van der Waals surface area contributed by atoms with Gasteiger partial charge in [0.15, 0.2) is 0 Å². The third kappa shape index (κ3) is 4.41. The van der Waals surface area contributed by atoms with Crippen LogP contribution in [0.2, 0.25) is 5.02 Å². The molecule has 1 aliphatic carbocycles. The maximum atomic E-state index is 12.9. The largest absolute Gasteiger partial charge is 0.445 e. The van der Waals surface area contributed by atoms with Crippen LogP contribution >= 0.6 is 22.9 Å². The Labute approximate surface area is 196 Å². The molecule has 0 aliphatic heterocycles. The van der Waals surface area contributed by atoms with E-state index in [-0.39, 0.29) is 10.8 Å². The molecule has 1 heterocycles. The molecule has 5 rings (SSSR count). The average Bonchev–Trinajstić information content (AvgIpc) is 3.18. The van der Waals surface area contributed by atoms with Gasteiger partial charge in [-0.2, -0.15) is 0 Å². The van der Waals surface area contributed by atoms with Crippen LogP contribution in [0.1, 0.15) is 29.5 Å². The Morgan fingerprint density at radius 2 is 1.72 bits per heavy atom. The Balaban J connectivity index is 1.34. The average molecular weight is 484 g/mol. The summed E-state index contributed by atoms with van der Waals surface area (Å²) in [5, 5.41) is 2.77. The monoisotopic (exact) mass is 483 g/mol. The zero-order valence-corrected chi connectivity index (χ0v) is 19.7. The van der Waals surface area contributed by atoms with Gasteiger partial charge < -0.3 is 4.74 Å². The van der Waals surface area contributed by atoms with E-state index < -0.39 is 10.0 Å². The van der Waals surface area contributed by atoms with Crippen LogP contribution in [0, 0.1) is 0 Å². The van der Waals surface area contributed by atoms with Gasteiger partial charge in [0.1, 0.15) is 9.96 Å². The van der Waals surface area contributed by atoms with Crippen molar-refractivity contribution in [2.75, 3.05) is 0 Å². The summed E-state index contributed by atoms with van der Waals surface area (Å²) >= 11 is 7.37. The van der Waals surface area contributed by atoms with E-state index in [1.807, 2.05) is 54.6 Å². The first kappa shape index (κ1) is 21.5. The highest BCUT2D eigenvalue weighted by molar-refractivity contribution is 7.91. The topological polar surface area (TPSA) is 55.4 Å². The molecule has 0 atom stereocenters. The fraction of sp³-hybridized carbons (Fsp3) is 0.200. The number of hydrogen-bond acceptors (Lipinski definition) is 4. The Morgan fingerprint density at radius 3 is 2.59 bits per heavy atom. The molecule has 7 heteroatoms. The molecule has 32 heavy (non-hydrogen) atoms. The molecular formula is C25H22ClNO3S2. The molecule has 4 nitrogen and oxygen atoms in total. The van der Waals surface area contributed by atoms with Crippen LogP contribution in [0.3, 0.4) is 0 Å². The molecule has 0 saturated heterocycles. The lowest BCUT2D eigenvalue weighted by Gasteiger charge is -2.16. The van der Waals surface area contributed by atoms with E-state index in [0.717, 1.165) is 40.5 Å². The summed E-state index contributed by atoms with van der Waals surface area (Å²) in [4.78, 5) is 0. The number of halogens is 1. The predicted molar refractivity (Wildman–Crippen MR) is 130 cm³/mol. The van der Waals surface area contributed by atoms with Gasteiger partial charge in [0, 0.05) is 6.54 Å². The van der Waals surface area contributed by atoms with Gasteiger partial charge in [-0.05, 0) is 71.3 Å². The van der Waals surface area contributed by atoms with Crippen molar-refractivity contribution in [2.45, 2.75) is 36.4 Å². The summed E-state index contributed by atoms with van der Waals surface area (Å²) in [5.41, 5.74) is 3.58. The fourth-order valence-electron chi connectivity index (χ4n) is 4.10. The number of nitrogens with one attached hydrogen (secondary N) is 1. The summed E-state index contributed by atoms with van der Waals surface area (Å²) in [6.45, 7) is 0.195. The number of fused-ring (bicyclic) bond motifs is 2. The van der Waals surface area contributed by atoms with Crippen molar-refractivity contribution in [3.8, 4) is 10.8 Å². The molecule has 0 spiro atoms. The minimum Gasteiger partial charge on any atom is -0.445 e. The third-order valence-corrected chi connectivity index (χ3v) is 9.04. The van der Waals surface area contributed by atoms with E-state index in [0.29, 0.717) is 15.8 Å². The first-order valence-electron chi connectivity index (χ1n) is 10.5. The third-order valence-electron chi connectivity index (χ3n) is 5.76. The van der Waals surface area contributed by atoms with Gasteiger partial charge in [0.05, 0.1) is 5.02 Å². The zero-order valence-electron chi connectivity index (χ0n) is 17.3. The normalized spacial score (nSPS) is 13.8. The lowest BCUT2D eigenvalue weighted by molar-refractivity contribution is 0.494. The number of rotatable bonds is 6. The van der Waals surface area contributed by atoms with Crippen molar-refractivity contribution < 1.29 is 13.2 Å². The van der Waals surface area contributed by atoms with E-state index >= 15 is 0 Å². The standard InChI is InChI=1S/C25H22ClNO3S2/c26-23-15-24(31-25(23)30-21-13-12-17-6-1-2-8-19(17)14-21)32(28,29)27-16-20-10-5-9-18-7-3-4-11-22(18)20/h3-5,7,9-15,27H,1-2,6,8,16H2. The van der Waals surface area contributed by atoms with Gasteiger partial charge in [-0.3, -0.25) is 0 Å². The highest BCUT2D eigenvalue weighted by Gasteiger charge is 2.21. The Kier molecular flexibility index (Phi) is 5.95. The van der Waals surface area contributed by atoms with Gasteiger partial charge in [-0.1, -0.05) is 71.5 Å². The summed E-state index contributed by atoms with van der Waals surface area (Å²) in [7, 11) is -3.73. The van der Waals surface area contributed by atoms with E-state index in [2.05, 4.69) is 10.8 Å². The molecule has 1 aromatic heterocycles. The summed E-state index contributed by atoms with van der Waals surface area (Å²) < 4.78 is 34.7. The molecule has 3 aromatic carbocycles. The number of sulfonamides is 1. The number of aryl methyl sites for hydroxylation is 2. The minimum atomic E-state index is -3.73. The molecule has 0 unspecified atom stereocenters. The van der Waals surface area contributed by atoms with Gasteiger partial charge in [-0.25, -0.2) is 13.1 Å². The molecule has 0 radical (unpaired) electrons. The molecule has 4 aromatic rings. The number of ether oxygens (including phenoxy) is 1. The van der Waals surface area contributed by atoms with E-state index in [1.54, 1.807) is 0 Å². The molecule has 1 aliphatic rings. The fourth-order valence-corrected chi connectivity index (χ4v) is 6.75. The second-order valence-corrected chi connectivity index (χ2v) is 11.3. The van der Waals surface area contributed by atoms with Crippen molar-refractivity contribution >= 4 is 43.7 Å². The van der Waals surface area contributed by atoms with E-state index in [1.165, 1.54) is 30.0 Å². The van der Waals surface area contributed by atoms with Crippen LogP contribution in [0.5, 0.6) is 10.8 Å². The quantitative estimate of drug-likeness (QED) is 0.332. The SMILES string of the molecule is O=S(=O)(NCc1cccc2ccccc12)c1cc(Cl)c(Oc2ccc3c(c2)CCCC3)s1. The highest BCUT2D eigenvalue weighted by Crippen LogP contribution is 2.40. The van der Waals surface area contributed by atoms with E-state index in [4.69, 9.17) is 16.3 Å². The molecule has 0 amide bonds. The maximum absolute atomic E-state index is 12.9. The molecular weight excluding hydrogens is 462 g/mol. The van der Waals surface area contributed by atoms with Crippen LogP contribution in [-0.2, 0) is 29.4 Å². The smallest absolute Gasteiger partial charge is 0.250 e. The van der Waals surface area contributed by atoms with Crippen molar-refractivity contribution in [1.82, 2.24) is 4.72 Å². The van der Waals surface area contributed by atoms with Crippen molar-refractivity contribution in [2.24, 2.45) is 0 Å². The maximum Gasteiger partial charge on any atom is 0.250 e. The van der Waals surface area contributed by atoms with Crippen molar-refractivity contribution in [3.63, 3.8) is 0 Å². The Morgan fingerprint density at radius 1 is 0.938 bits per heavy atom. The molecule has 0 fully saturated rings. The molecule has 164 valence electrons. The van der Waals surface area contributed by atoms with Crippen LogP contribution in [0.4, 0.5) is 0 Å². The van der Waals surface area contributed by atoms with Crippen LogP contribution in [-0.4, -0.2) is 8.42 Å². The Hall–Kier alpha value is -2.38. The number of thiophene rings is 1. The van der Waals surface area contributed by atoms with Gasteiger partial charge in [0.2, 0.25) is 5.06 Å². The zero-order chi connectivity index (χ0) is 22.1. The van der Waals surface area contributed by atoms with Crippen molar-refractivity contribution in [3.05, 3.63) is 88.4 Å². The first-order chi connectivity index (χ1) is 15.5. The number of hydrogen-bond donors (Lipinski definition) is 1. The van der Waals surface area contributed by atoms with E-state index in [9.17, 15) is 8.42 Å². The minimum absolute atomic E-state index is 0.135. The lowest BCUT2D eigenvalue weighted by atomic mass is 9.92. The second-order valence-electron chi connectivity index (χ2n) is 7.90. The second kappa shape index (κ2) is 8.87. The lowest BCUT2D eigenvalue weighted by Crippen LogP contribution is -2.22. The molecule has 0 bridgehead atoms. The van der Waals surface area contributed by atoms with Gasteiger partial charge >= 0.3 is 0 Å². The van der Waals surface area contributed by atoms with Crippen LogP contribution in [0.25, 0.3) is 10.8 Å². The van der Waals surface area contributed by atoms with Crippen molar-refractivity contribution in [1.29, 1.82) is 0 Å². The Bertz CT molecular complexity index is 1390. The summed E-state index contributed by atoms with van der Waals surface area (Å²) in [6.07, 6.45) is 4.54. The summed E-state index contributed by atoms with van der Waals surface area (Å²) in [5.74, 6) is 0.682. The number of benzene rings is 3. The van der Waals surface area contributed by atoms with Gasteiger partial charge in [-0.15, -0.1) is 0 Å². The first-order valence-corrected chi connectivity index (χ1v) is 13.2. The highest BCUT2D eigenvalue weighted by atomic mass is 35.5. The molecule has 1 N–H and O–H groups in total. The summed E-state index contributed by atoms with van der Waals surface area (Å²) in [6, 6.07) is 21.3. The van der Waals surface area contributed by atoms with Gasteiger partial charge in [0.25, 0.3) is 10.0 Å².